The summed E-state index contributed by atoms with van der Waals surface area (Å²) in [5.41, 5.74) is 1.20. The summed E-state index contributed by atoms with van der Waals surface area (Å²) in [6.45, 7) is 9.95. The number of nitrogens with one attached hydrogen (secondary N) is 3. The highest BCUT2D eigenvalue weighted by Crippen LogP contribution is 2.48. The second kappa shape index (κ2) is 13.1. The molecule has 2 aromatic rings. The van der Waals surface area contributed by atoms with Crippen LogP contribution in [0, 0.1) is 5.41 Å². The number of allylic oxidation sites excluding steroid dienone is 2. The van der Waals surface area contributed by atoms with Gasteiger partial charge in [-0.15, -0.1) is 13.2 Å². The SMILES string of the molecule is C=CCC1(CC=C)CC2OCC[C@H](NC(=O)[C@H](C)NC)C(=O)N2C1C(=O)NC(c1ccccc1)c1ccccc1. The van der Waals surface area contributed by atoms with Gasteiger partial charge in [-0.25, -0.2) is 0 Å². The minimum Gasteiger partial charge on any atom is -0.358 e. The monoisotopic (exact) mass is 544 g/mol. The van der Waals surface area contributed by atoms with E-state index in [9.17, 15) is 14.4 Å². The van der Waals surface area contributed by atoms with Gasteiger partial charge in [-0.1, -0.05) is 72.8 Å². The van der Waals surface area contributed by atoms with Gasteiger partial charge in [0.1, 0.15) is 18.3 Å². The van der Waals surface area contributed by atoms with Crippen molar-refractivity contribution in [3.05, 3.63) is 97.1 Å². The lowest BCUT2D eigenvalue weighted by atomic mass is 9.73. The number of nitrogens with zero attached hydrogens (tertiary/aromatic N) is 1. The van der Waals surface area contributed by atoms with Gasteiger partial charge in [0.2, 0.25) is 17.7 Å². The molecule has 0 spiro atoms. The standard InChI is InChI=1S/C32H40N4O4/c1-5-18-32(19-6-2)21-26-36(31(39)25(17-20-40-26)34-29(37)22(3)33-4)28(32)30(38)35-27(23-13-9-7-10-14-23)24-15-11-8-12-16-24/h5-16,22,25-28,33H,1-2,17-21H2,3-4H3,(H,34,37)(H,35,38)/t22-,25-,26?,28?/m0/s1. The first-order valence-corrected chi connectivity index (χ1v) is 13.9. The number of ether oxygens (including phenoxy) is 1. The number of amides is 3. The molecule has 2 aromatic carbocycles. The van der Waals surface area contributed by atoms with Crippen LogP contribution >= 0.6 is 0 Å². The van der Waals surface area contributed by atoms with Crippen LogP contribution in [0.4, 0.5) is 0 Å². The van der Waals surface area contributed by atoms with E-state index in [0.717, 1.165) is 11.1 Å². The highest BCUT2D eigenvalue weighted by molar-refractivity contribution is 5.94. The molecule has 0 aliphatic carbocycles. The fourth-order valence-electron chi connectivity index (χ4n) is 5.94. The van der Waals surface area contributed by atoms with E-state index in [1.54, 1.807) is 31.0 Å². The molecule has 2 heterocycles. The molecular weight excluding hydrogens is 504 g/mol. The first kappa shape index (κ1) is 29.2. The van der Waals surface area contributed by atoms with Gasteiger partial charge in [0, 0.05) is 18.3 Å². The summed E-state index contributed by atoms with van der Waals surface area (Å²) < 4.78 is 6.19. The number of benzene rings is 2. The molecule has 8 heteroatoms. The van der Waals surface area contributed by atoms with E-state index < -0.39 is 35.8 Å². The molecule has 2 fully saturated rings. The summed E-state index contributed by atoms with van der Waals surface area (Å²) in [6, 6.07) is 17.0. The molecular formula is C32H40N4O4. The topological polar surface area (TPSA) is 99.8 Å². The summed E-state index contributed by atoms with van der Waals surface area (Å²) in [5, 5.41) is 9.04. The summed E-state index contributed by atoms with van der Waals surface area (Å²) in [7, 11) is 1.69. The van der Waals surface area contributed by atoms with Crippen molar-refractivity contribution in [2.45, 2.75) is 63.0 Å². The minimum atomic E-state index is -0.852. The van der Waals surface area contributed by atoms with Crippen LogP contribution in [0.25, 0.3) is 0 Å². The van der Waals surface area contributed by atoms with Crippen molar-refractivity contribution in [1.29, 1.82) is 0 Å². The Morgan fingerprint density at radius 2 is 1.62 bits per heavy atom. The van der Waals surface area contributed by atoms with Gasteiger partial charge in [0.05, 0.1) is 18.7 Å². The molecule has 0 saturated carbocycles. The number of carbonyl (C=O) groups is 3. The molecule has 212 valence electrons. The summed E-state index contributed by atoms with van der Waals surface area (Å²) in [6.07, 6.45) is 4.77. The lowest BCUT2D eigenvalue weighted by Crippen LogP contribution is -2.59. The zero-order chi connectivity index (χ0) is 28.7. The van der Waals surface area contributed by atoms with E-state index in [1.807, 2.05) is 60.7 Å². The molecule has 3 amide bonds. The fourth-order valence-corrected chi connectivity index (χ4v) is 5.94. The average molecular weight is 545 g/mol. The zero-order valence-electron chi connectivity index (χ0n) is 23.3. The van der Waals surface area contributed by atoms with Crippen molar-refractivity contribution in [2.75, 3.05) is 13.7 Å². The Hall–Kier alpha value is -3.75. The molecule has 2 aliphatic rings. The van der Waals surface area contributed by atoms with Gasteiger partial charge in [0.25, 0.3) is 0 Å². The van der Waals surface area contributed by atoms with Gasteiger partial charge in [-0.3, -0.25) is 14.4 Å². The van der Waals surface area contributed by atoms with Crippen molar-refractivity contribution in [2.24, 2.45) is 5.41 Å². The Kier molecular flexibility index (Phi) is 9.55. The van der Waals surface area contributed by atoms with Crippen molar-refractivity contribution in [3.63, 3.8) is 0 Å². The van der Waals surface area contributed by atoms with Crippen molar-refractivity contribution < 1.29 is 19.1 Å². The molecule has 8 nitrogen and oxygen atoms in total. The third kappa shape index (κ3) is 6.03. The first-order chi connectivity index (χ1) is 19.3. The predicted octanol–water partition coefficient (Wildman–Crippen LogP) is 3.47. The van der Waals surface area contributed by atoms with Crippen LogP contribution in [0.2, 0.25) is 0 Å². The van der Waals surface area contributed by atoms with Crippen LogP contribution in [0.1, 0.15) is 49.8 Å². The summed E-state index contributed by atoms with van der Waals surface area (Å²) >= 11 is 0. The van der Waals surface area contributed by atoms with Gasteiger partial charge in [0.15, 0.2) is 0 Å². The lowest BCUT2D eigenvalue weighted by molar-refractivity contribution is -0.150. The molecule has 2 saturated heterocycles. The molecule has 0 radical (unpaired) electrons. The van der Waals surface area contributed by atoms with Crippen molar-refractivity contribution in [1.82, 2.24) is 20.9 Å². The van der Waals surface area contributed by atoms with Gasteiger partial charge in [-0.05, 0) is 37.9 Å². The van der Waals surface area contributed by atoms with Crippen molar-refractivity contribution in [3.8, 4) is 0 Å². The Bertz CT molecular complexity index is 1150. The number of carbonyl (C=O) groups excluding carboxylic acids is 3. The van der Waals surface area contributed by atoms with Crippen LogP contribution in [-0.2, 0) is 19.1 Å². The summed E-state index contributed by atoms with van der Waals surface area (Å²) in [5.74, 6) is -0.877. The Morgan fingerprint density at radius 1 is 1.05 bits per heavy atom. The first-order valence-electron chi connectivity index (χ1n) is 13.9. The second-order valence-electron chi connectivity index (χ2n) is 10.6. The quantitative estimate of drug-likeness (QED) is 0.376. The van der Waals surface area contributed by atoms with Crippen LogP contribution < -0.4 is 16.0 Å². The van der Waals surface area contributed by atoms with E-state index in [0.29, 0.717) is 25.7 Å². The number of hydrogen-bond donors (Lipinski definition) is 3. The minimum absolute atomic E-state index is 0.281. The van der Waals surface area contributed by atoms with Gasteiger partial charge >= 0.3 is 0 Å². The van der Waals surface area contributed by atoms with E-state index in [4.69, 9.17) is 4.74 Å². The number of hydrogen-bond acceptors (Lipinski definition) is 5. The summed E-state index contributed by atoms with van der Waals surface area (Å²) in [4.78, 5) is 42.8. The zero-order valence-corrected chi connectivity index (χ0v) is 23.3. The third-order valence-electron chi connectivity index (χ3n) is 8.06. The van der Waals surface area contributed by atoms with Crippen LogP contribution in [0.3, 0.4) is 0 Å². The number of rotatable bonds is 11. The van der Waals surface area contributed by atoms with Crippen LogP contribution in [0.5, 0.6) is 0 Å². The maximum absolute atomic E-state index is 14.4. The largest absolute Gasteiger partial charge is 0.358 e. The van der Waals surface area contributed by atoms with E-state index in [-0.39, 0.29) is 24.3 Å². The highest BCUT2D eigenvalue weighted by atomic mass is 16.5. The molecule has 4 rings (SSSR count). The van der Waals surface area contributed by atoms with Crippen molar-refractivity contribution >= 4 is 17.7 Å². The molecule has 2 aliphatic heterocycles. The second-order valence-corrected chi connectivity index (χ2v) is 10.6. The van der Waals surface area contributed by atoms with E-state index in [2.05, 4.69) is 29.1 Å². The Balaban J connectivity index is 1.73. The Labute approximate surface area is 236 Å². The fraction of sp³-hybridized carbons (Fsp3) is 0.406. The van der Waals surface area contributed by atoms with Crippen LogP contribution in [0.15, 0.2) is 86.0 Å². The molecule has 40 heavy (non-hydrogen) atoms. The Morgan fingerprint density at radius 3 is 2.15 bits per heavy atom. The highest BCUT2D eigenvalue weighted by Gasteiger charge is 2.58. The molecule has 0 aromatic heterocycles. The number of fused-ring (bicyclic) bond motifs is 1. The molecule has 3 N–H and O–H groups in total. The number of likely N-dealkylation sites (N-methyl/N-ethyl adjacent to an activating group) is 1. The van der Waals surface area contributed by atoms with E-state index in [1.165, 1.54) is 0 Å². The van der Waals surface area contributed by atoms with Gasteiger partial charge in [-0.2, -0.15) is 0 Å². The normalized spacial score (nSPS) is 22.6. The predicted molar refractivity (Wildman–Crippen MR) is 155 cm³/mol. The maximum Gasteiger partial charge on any atom is 0.247 e. The lowest BCUT2D eigenvalue weighted by Gasteiger charge is -2.37. The van der Waals surface area contributed by atoms with Gasteiger partial charge < -0.3 is 25.6 Å². The maximum atomic E-state index is 14.4. The smallest absolute Gasteiger partial charge is 0.247 e. The molecule has 0 bridgehead atoms. The molecule has 2 unspecified atom stereocenters. The van der Waals surface area contributed by atoms with Crippen LogP contribution in [-0.4, -0.2) is 60.6 Å². The molecule has 4 atom stereocenters. The van der Waals surface area contributed by atoms with E-state index >= 15 is 0 Å². The third-order valence-corrected chi connectivity index (χ3v) is 8.06. The average Bonchev–Trinajstić information content (AvgIpc) is 3.21.